The number of nitrogens with one attached hydrogen (secondary N) is 2. The zero-order chi connectivity index (χ0) is 19.2. The molecule has 0 fully saturated rings. The molecule has 3 aromatic rings. The van der Waals surface area contributed by atoms with Gasteiger partial charge in [0.25, 0.3) is 5.91 Å². The molecule has 0 aliphatic carbocycles. The summed E-state index contributed by atoms with van der Waals surface area (Å²) in [7, 11) is 0. The van der Waals surface area contributed by atoms with Crippen LogP contribution in [0.1, 0.15) is 27.2 Å². The lowest BCUT2D eigenvalue weighted by Gasteiger charge is -2.12. The van der Waals surface area contributed by atoms with Crippen LogP contribution < -0.4 is 10.6 Å². The van der Waals surface area contributed by atoms with Gasteiger partial charge in [0.2, 0.25) is 0 Å². The van der Waals surface area contributed by atoms with Gasteiger partial charge in [0.1, 0.15) is 11.5 Å². The quantitative estimate of drug-likeness (QED) is 0.665. The second kappa shape index (κ2) is 8.45. The molecule has 0 aliphatic rings. The molecule has 0 radical (unpaired) electrons. The van der Waals surface area contributed by atoms with E-state index in [0.717, 1.165) is 34.5 Å². The third kappa shape index (κ3) is 4.91. The van der Waals surface area contributed by atoms with Crippen molar-refractivity contribution in [3.63, 3.8) is 0 Å². The first-order valence-corrected chi connectivity index (χ1v) is 8.85. The van der Waals surface area contributed by atoms with E-state index >= 15 is 0 Å². The number of carbonyl (C=O) groups excluding carboxylic acids is 1. The van der Waals surface area contributed by atoms with E-state index in [2.05, 4.69) is 15.6 Å². The summed E-state index contributed by atoms with van der Waals surface area (Å²) in [5.74, 6) is -0.477. The summed E-state index contributed by atoms with van der Waals surface area (Å²) >= 11 is 0. The van der Waals surface area contributed by atoms with E-state index in [9.17, 15) is 9.18 Å². The molecule has 0 saturated carbocycles. The van der Waals surface area contributed by atoms with E-state index in [1.54, 1.807) is 24.4 Å². The van der Waals surface area contributed by atoms with E-state index in [4.69, 9.17) is 0 Å². The molecule has 1 heterocycles. The van der Waals surface area contributed by atoms with Gasteiger partial charge in [0, 0.05) is 24.1 Å². The van der Waals surface area contributed by atoms with Crippen molar-refractivity contribution in [2.75, 3.05) is 17.2 Å². The third-order valence-electron chi connectivity index (χ3n) is 4.37. The number of halogens is 1. The molecule has 2 aromatic carbocycles. The topological polar surface area (TPSA) is 54.0 Å². The lowest BCUT2D eigenvalue weighted by Crippen LogP contribution is -2.16. The molecule has 0 unspecified atom stereocenters. The zero-order valence-corrected chi connectivity index (χ0v) is 15.4. The lowest BCUT2D eigenvalue weighted by molar-refractivity contribution is 0.102. The molecule has 27 heavy (non-hydrogen) atoms. The van der Waals surface area contributed by atoms with Crippen LogP contribution in [-0.2, 0) is 6.42 Å². The number of pyridine rings is 1. The van der Waals surface area contributed by atoms with Gasteiger partial charge in [-0.2, -0.15) is 0 Å². The summed E-state index contributed by atoms with van der Waals surface area (Å²) in [6, 6.07) is 15.9. The summed E-state index contributed by atoms with van der Waals surface area (Å²) in [6.45, 7) is 4.60. The predicted octanol–water partition coefficient (Wildman–Crippen LogP) is 4.74. The summed E-state index contributed by atoms with van der Waals surface area (Å²) in [4.78, 5) is 16.7. The number of hydrogen-bond donors (Lipinski definition) is 2. The Kier molecular flexibility index (Phi) is 5.81. The second-order valence-corrected chi connectivity index (χ2v) is 6.45. The van der Waals surface area contributed by atoms with Crippen LogP contribution in [0.15, 0.2) is 60.8 Å². The number of aryl methyl sites for hydroxylation is 2. The smallest absolute Gasteiger partial charge is 0.274 e. The van der Waals surface area contributed by atoms with Crippen molar-refractivity contribution in [1.82, 2.24) is 4.98 Å². The Balaban J connectivity index is 1.62. The molecule has 3 rings (SSSR count). The van der Waals surface area contributed by atoms with Crippen LogP contribution in [0.5, 0.6) is 0 Å². The molecule has 5 heteroatoms. The molecule has 0 spiro atoms. The van der Waals surface area contributed by atoms with Gasteiger partial charge >= 0.3 is 0 Å². The highest BCUT2D eigenvalue weighted by Crippen LogP contribution is 2.20. The Bertz CT molecular complexity index is 918. The van der Waals surface area contributed by atoms with Crippen molar-refractivity contribution in [1.29, 1.82) is 0 Å². The van der Waals surface area contributed by atoms with Crippen LogP contribution in [-0.4, -0.2) is 17.4 Å². The van der Waals surface area contributed by atoms with Gasteiger partial charge in [-0.25, -0.2) is 4.39 Å². The Morgan fingerprint density at radius 1 is 1.04 bits per heavy atom. The minimum atomic E-state index is -0.241. The van der Waals surface area contributed by atoms with Gasteiger partial charge in [0.15, 0.2) is 0 Å². The number of carbonyl (C=O) groups is 1. The average molecular weight is 363 g/mol. The van der Waals surface area contributed by atoms with E-state index < -0.39 is 0 Å². The van der Waals surface area contributed by atoms with Crippen molar-refractivity contribution >= 4 is 17.3 Å². The maximum Gasteiger partial charge on any atom is 0.274 e. The molecule has 0 bridgehead atoms. The number of nitrogens with zero attached hydrogens (tertiary/aromatic N) is 1. The Labute approximate surface area is 158 Å². The van der Waals surface area contributed by atoms with Gasteiger partial charge < -0.3 is 10.6 Å². The van der Waals surface area contributed by atoms with Crippen molar-refractivity contribution < 1.29 is 9.18 Å². The van der Waals surface area contributed by atoms with Gasteiger partial charge in [-0.15, -0.1) is 0 Å². The Hall–Kier alpha value is -3.21. The van der Waals surface area contributed by atoms with Crippen molar-refractivity contribution in [2.45, 2.75) is 20.3 Å². The monoisotopic (exact) mass is 363 g/mol. The van der Waals surface area contributed by atoms with Gasteiger partial charge in [-0.05, 0) is 61.2 Å². The zero-order valence-electron chi connectivity index (χ0n) is 15.4. The van der Waals surface area contributed by atoms with Gasteiger partial charge in [0.05, 0.1) is 0 Å². The highest BCUT2D eigenvalue weighted by atomic mass is 19.1. The van der Waals surface area contributed by atoms with Crippen LogP contribution in [0, 0.1) is 19.7 Å². The molecular formula is C22H22FN3O. The van der Waals surface area contributed by atoms with Crippen molar-refractivity contribution in [3.8, 4) is 0 Å². The van der Waals surface area contributed by atoms with E-state index in [1.165, 1.54) is 12.1 Å². The number of anilines is 2. The first-order valence-electron chi connectivity index (χ1n) is 8.85. The van der Waals surface area contributed by atoms with Crippen LogP contribution >= 0.6 is 0 Å². The molecule has 4 nitrogen and oxygen atoms in total. The largest absolute Gasteiger partial charge is 0.385 e. The van der Waals surface area contributed by atoms with E-state index in [1.807, 2.05) is 38.1 Å². The highest BCUT2D eigenvalue weighted by Gasteiger charge is 2.11. The fourth-order valence-electron chi connectivity index (χ4n) is 2.86. The first kappa shape index (κ1) is 18.6. The molecule has 1 amide bonds. The number of hydrogen-bond acceptors (Lipinski definition) is 3. The summed E-state index contributed by atoms with van der Waals surface area (Å²) < 4.78 is 12.9. The molecule has 138 valence electrons. The molecule has 2 N–H and O–H groups in total. The Morgan fingerprint density at radius 2 is 1.74 bits per heavy atom. The number of rotatable bonds is 6. The first-order chi connectivity index (χ1) is 13.0. The Morgan fingerprint density at radius 3 is 2.44 bits per heavy atom. The predicted molar refractivity (Wildman–Crippen MR) is 107 cm³/mol. The number of amides is 1. The van der Waals surface area contributed by atoms with E-state index in [0.29, 0.717) is 12.2 Å². The van der Waals surface area contributed by atoms with E-state index in [-0.39, 0.29) is 11.7 Å². The van der Waals surface area contributed by atoms with Crippen LogP contribution in [0.3, 0.4) is 0 Å². The number of para-hydroxylation sites is 1. The third-order valence-corrected chi connectivity index (χ3v) is 4.37. The molecule has 0 aliphatic heterocycles. The molecular weight excluding hydrogens is 341 g/mol. The van der Waals surface area contributed by atoms with Crippen LogP contribution in [0.4, 0.5) is 15.8 Å². The summed E-state index contributed by atoms with van der Waals surface area (Å²) in [5.41, 5.74) is 5.06. The average Bonchev–Trinajstić information content (AvgIpc) is 2.66. The second-order valence-electron chi connectivity index (χ2n) is 6.45. The SMILES string of the molecule is Cc1cccc(C)c1NC(=O)c1cc(NCCc2ccc(F)cc2)ccn1. The maximum absolute atomic E-state index is 12.9. The van der Waals surface area contributed by atoms with Gasteiger partial charge in [-0.3, -0.25) is 9.78 Å². The number of benzene rings is 2. The maximum atomic E-state index is 12.9. The van der Waals surface area contributed by atoms with Crippen LogP contribution in [0.25, 0.3) is 0 Å². The summed E-state index contributed by atoms with van der Waals surface area (Å²) in [6.07, 6.45) is 2.37. The normalized spacial score (nSPS) is 10.5. The minimum Gasteiger partial charge on any atom is -0.385 e. The fraction of sp³-hybridized carbons (Fsp3) is 0.182. The highest BCUT2D eigenvalue weighted by molar-refractivity contribution is 6.04. The fourth-order valence-corrected chi connectivity index (χ4v) is 2.86. The van der Waals surface area contributed by atoms with Gasteiger partial charge in [-0.1, -0.05) is 30.3 Å². The van der Waals surface area contributed by atoms with Crippen LogP contribution in [0.2, 0.25) is 0 Å². The number of aromatic nitrogens is 1. The summed E-state index contributed by atoms with van der Waals surface area (Å²) in [5, 5.41) is 6.22. The standard InChI is InChI=1S/C22H22FN3O/c1-15-4-3-5-16(2)21(15)26-22(27)20-14-19(11-13-25-20)24-12-10-17-6-8-18(23)9-7-17/h3-9,11,13-14H,10,12H2,1-2H3,(H,24,25)(H,26,27). The molecule has 0 atom stereocenters. The lowest BCUT2D eigenvalue weighted by atomic mass is 10.1. The molecule has 1 aromatic heterocycles. The minimum absolute atomic E-state index is 0.236. The van der Waals surface area contributed by atoms with Crippen molar-refractivity contribution in [3.05, 3.63) is 89.0 Å². The molecule has 0 saturated heterocycles. The van der Waals surface area contributed by atoms with Crippen molar-refractivity contribution in [2.24, 2.45) is 0 Å².